The molecule has 17 nitrogen and oxygen atoms in total. The summed E-state index contributed by atoms with van der Waals surface area (Å²) in [6.45, 7) is 2.80. The lowest BCUT2D eigenvalue weighted by Crippen LogP contribution is -2.69. The Bertz CT molecular complexity index is 1200. The van der Waals surface area contributed by atoms with Gasteiger partial charge in [-0.2, -0.15) is 8.42 Å². The van der Waals surface area contributed by atoms with E-state index < -0.39 is 10.4 Å². The van der Waals surface area contributed by atoms with Crippen LogP contribution < -0.4 is 14.4 Å². The Labute approximate surface area is 236 Å². The maximum absolute atomic E-state index is 13.5. The summed E-state index contributed by atoms with van der Waals surface area (Å²) in [4.78, 5) is 18.3. The molecule has 2 bridgehead atoms. The van der Waals surface area contributed by atoms with E-state index in [2.05, 4.69) is 21.9 Å². The molecule has 2 unspecified atom stereocenters. The Morgan fingerprint density at radius 1 is 1.00 bits per heavy atom. The highest BCUT2D eigenvalue weighted by atomic mass is 32.3. The minimum atomic E-state index is -4.67. The Balaban J connectivity index is 0. The summed E-state index contributed by atoms with van der Waals surface area (Å²) in [6.07, 6.45) is 5.11. The van der Waals surface area contributed by atoms with E-state index in [9.17, 15) is 4.79 Å². The Kier molecular flexibility index (Phi) is 13.6. The average Bonchev–Trinajstić information content (AvgIpc) is 3.24. The zero-order valence-corrected chi connectivity index (χ0v) is 23.3. The van der Waals surface area contributed by atoms with E-state index >= 15 is 0 Å². The summed E-state index contributed by atoms with van der Waals surface area (Å²) in [5, 5.41) is 0. The SMILES string of the molecule is COc1cc2c(cc1OC)[C@@]13CCN4CC5=CCOC6CC(=O)N2C1[C@H]6[C@H]5C[C@H]43.O.O.O.O.O.O.O.O=S(=O)(O)O. The van der Waals surface area contributed by atoms with Gasteiger partial charge in [0.25, 0.3) is 0 Å². The van der Waals surface area contributed by atoms with Crippen molar-refractivity contribution in [2.24, 2.45) is 11.8 Å². The summed E-state index contributed by atoms with van der Waals surface area (Å²) in [7, 11) is -1.31. The van der Waals surface area contributed by atoms with Crippen molar-refractivity contribution in [3.8, 4) is 11.5 Å². The van der Waals surface area contributed by atoms with Gasteiger partial charge in [0.05, 0.1) is 45.1 Å². The molecule has 1 aromatic rings. The first-order chi connectivity index (χ1) is 16.2. The normalized spacial score (nSPS) is 30.4. The molecule has 5 aliphatic heterocycles. The molecule has 6 aliphatic rings. The Morgan fingerprint density at radius 3 is 2.17 bits per heavy atom. The predicted octanol–water partition coefficient (Wildman–Crippen LogP) is -4.32. The van der Waals surface area contributed by atoms with Gasteiger partial charge in [-0.05, 0) is 36.9 Å². The number of hydrogen-bond acceptors (Lipinski definition) is 7. The first-order valence-corrected chi connectivity index (χ1v) is 12.9. The Morgan fingerprint density at radius 2 is 1.59 bits per heavy atom. The average molecular weight is 619 g/mol. The van der Waals surface area contributed by atoms with Crippen molar-refractivity contribution in [3.63, 3.8) is 0 Å². The van der Waals surface area contributed by atoms with E-state index in [-0.39, 0.29) is 61.8 Å². The van der Waals surface area contributed by atoms with Gasteiger partial charge in [-0.1, -0.05) is 11.6 Å². The summed E-state index contributed by atoms with van der Waals surface area (Å²) in [6, 6.07) is 4.87. The van der Waals surface area contributed by atoms with Gasteiger partial charge in [0.15, 0.2) is 11.5 Å². The zero-order chi connectivity index (χ0) is 24.0. The van der Waals surface area contributed by atoms with Gasteiger partial charge in [0.2, 0.25) is 5.91 Å². The molecule has 16 N–H and O–H groups in total. The number of methoxy groups -OCH3 is 2. The van der Waals surface area contributed by atoms with E-state index in [1.165, 1.54) is 12.0 Å². The molecule has 1 amide bonds. The second-order valence-electron chi connectivity index (χ2n) is 9.93. The van der Waals surface area contributed by atoms with E-state index in [1.54, 1.807) is 19.8 Å². The van der Waals surface area contributed by atoms with Crippen LogP contribution in [0.3, 0.4) is 0 Å². The molecule has 3 saturated heterocycles. The van der Waals surface area contributed by atoms with Crippen LogP contribution in [0.25, 0.3) is 0 Å². The molecule has 240 valence electrons. The number of piperidine rings is 2. The predicted molar refractivity (Wildman–Crippen MR) is 146 cm³/mol. The van der Waals surface area contributed by atoms with E-state index in [0.29, 0.717) is 36.7 Å². The molecule has 0 aromatic heterocycles. The highest BCUT2D eigenvalue weighted by Gasteiger charge is 2.71. The van der Waals surface area contributed by atoms with Crippen molar-refractivity contribution >= 4 is 22.0 Å². The third kappa shape index (κ3) is 5.66. The summed E-state index contributed by atoms with van der Waals surface area (Å²) in [5.74, 6) is 2.57. The van der Waals surface area contributed by atoms with Gasteiger partial charge in [-0.15, -0.1) is 0 Å². The molecule has 5 heterocycles. The topological polar surface area (TPSA) is 346 Å². The number of fused-ring (bicyclic) bond motifs is 2. The van der Waals surface area contributed by atoms with Crippen molar-refractivity contribution in [2.75, 3.05) is 38.8 Å². The van der Waals surface area contributed by atoms with Crippen LogP contribution >= 0.6 is 0 Å². The Hall–Kier alpha value is -2.46. The molecule has 1 saturated carbocycles. The lowest BCUT2D eigenvalue weighted by molar-refractivity contribution is -0.132. The molecule has 1 spiro atoms. The van der Waals surface area contributed by atoms with Crippen LogP contribution in [0.2, 0.25) is 0 Å². The molecular formula is C23H42N2O15S. The quantitative estimate of drug-likeness (QED) is 0.238. The van der Waals surface area contributed by atoms with Crippen LogP contribution in [0.5, 0.6) is 11.5 Å². The number of carbonyl (C=O) groups excluding carboxylic acids is 1. The molecule has 7 rings (SSSR count). The number of carbonyl (C=O) groups is 1. The van der Waals surface area contributed by atoms with Crippen LogP contribution in [0.1, 0.15) is 24.8 Å². The standard InChI is InChI=1S/C23H26N2O4.H2O4S.7H2O/c1-27-16-8-14-15(9-17(16)28-2)25-20(26)10-18-21-13-7-19-23(14,22(21)25)4-5-24(19)11-12(13)3-6-29-18;1-5(2,3)4;;;;;;;/h3,8-9,13,18-19,21-22H,4-7,10-11H2,1-2H3;(H2,1,2,3,4);7*1H2/t13-,18?,19-,21-,22?,23+;;;;;;;;/m0......../s1. The lowest BCUT2D eigenvalue weighted by Gasteiger charge is -2.58. The van der Waals surface area contributed by atoms with Crippen LogP contribution in [0.4, 0.5) is 5.69 Å². The van der Waals surface area contributed by atoms with Crippen molar-refractivity contribution < 1.29 is 74.9 Å². The minimum Gasteiger partial charge on any atom is -0.493 e. The smallest absolute Gasteiger partial charge is 0.394 e. The van der Waals surface area contributed by atoms with E-state index in [4.69, 9.17) is 31.7 Å². The summed E-state index contributed by atoms with van der Waals surface area (Å²) < 4.78 is 49.2. The van der Waals surface area contributed by atoms with E-state index in [0.717, 1.165) is 30.9 Å². The fourth-order valence-corrected chi connectivity index (χ4v) is 7.87. The highest BCUT2D eigenvalue weighted by molar-refractivity contribution is 7.79. The van der Waals surface area contributed by atoms with Crippen LogP contribution in [-0.2, 0) is 25.3 Å². The van der Waals surface area contributed by atoms with Gasteiger partial charge >= 0.3 is 10.4 Å². The number of ether oxygens (including phenoxy) is 3. The molecule has 6 atom stereocenters. The summed E-state index contributed by atoms with van der Waals surface area (Å²) in [5.41, 5.74) is 3.85. The second-order valence-corrected chi connectivity index (χ2v) is 10.8. The van der Waals surface area contributed by atoms with Crippen molar-refractivity contribution in [1.82, 2.24) is 4.90 Å². The number of benzene rings is 1. The maximum Gasteiger partial charge on any atom is 0.394 e. The van der Waals surface area contributed by atoms with Gasteiger partial charge in [-0.25, -0.2) is 0 Å². The molecule has 1 aliphatic carbocycles. The number of amides is 1. The first-order valence-electron chi connectivity index (χ1n) is 11.5. The minimum absolute atomic E-state index is 0. The van der Waals surface area contributed by atoms with Crippen molar-refractivity contribution in [1.29, 1.82) is 0 Å². The fraction of sp³-hybridized carbons (Fsp3) is 0.609. The van der Waals surface area contributed by atoms with Crippen LogP contribution in [0, 0.1) is 11.8 Å². The second kappa shape index (κ2) is 13.7. The first kappa shape index (κ1) is 40.7. The maximum atomic E-state index is 13.5. The number of anilines is 1. The van der Waals surface area contributed by atoms with Gasteiger partial charge in [0.1, 0.15) is 0 Å². The third-order valence-electron chi connectivity index (χ3n) is 8.81. The molecular weight excluding hydrogens is 576 g/mol. The lowest BCUT2D eigenvalue weighted by atomic mass is 9.53. The number of hydrogen-bond donors (Lipinski definition) is 2. The monoisotopic (exact) mass is 618 g/mol. The molecule has 18 heteroatoms. The van der Waals surface area contributed by atoms with Crippen molar-refractivity contribution in [2.45, 2.75) is 42.9 Å². The zero-order valence-electron chi connectivity index (χ0n) is 22.5. The molecule has 41 heavy (non-hydrogen) atoms. The number of nitrogens with zero attached hydrogens (tertiary/aromatic N) is 2. The fourth-order valence-electron chi connectivity index (χ4n) is 7.87. The molecule has 0 radical (unpaired) electrons. The highest BCUT2D eigenvalue weighted by Crippen LogP contribution is 2.66. The van der Waals surface area contributed by atoms with Gasteiger partial charge in [-0.3, -0.25) is 18.8 Å². The summed E-state index contributed by atoms with van der Waals surface area (Å²) >= 11 is 0. The van der Waals surface area contributed by atoms with Gasteiger partial charge < -0.3 is 57.4 Å². The van der Waals surface area contributed by atoms with Crippen molar-refractivity contribution in [3.05, 3.63) is 29.3 Å². The third-order valence-corrected chi connectivity index (χ3v) is 8.81. The van der Waals surface area contributed by atoms with Crippen LogP contribution in [-0.4, -0.2) is 119 Å². The molecule has 1 aromatic carbocycles. The van der Waals surface area contributed by atoms with Crippen LogP contribution in [0.15, 0.2) is 23.8 Å². The largest absolute Gasteiger partial charge is 0.493 e. The van der Waals surface area contributed by atoms with E-state index in [1.807, 2.05) is 6.07 Å². The number of rotatable bonds is 2. The van der Waals surface area contributed by atoms with Gasteiger partial charge in [0, 0.05) is 30.0 Å². The molecule has 4 fully saturated rings.